The molecule has 0 atom stereocenters. The normalized spacial score (nSPS) is 16.7. The molecule has 0 saturated heterocycles. The van der Waals surface area contributed by atoms with Crippen LogP contribution in [-0.4, -0.2) is 5.90 Å². The third-order valence-corrected chi connectivity index (χ3v) is 4.58. The Morgan fingerprint density at radius 3 is 2.56 bits per heavy atom. The van der Waals surface area contributed by atoms with Crippen molar-refractivity contribution in [3.05, 3.63) is 47.0 Å². The zero-order chi connectivity index (χ0) is 18.4. The van der Waals surface area contributed by atoms with Gasteiger partial charge in [-0.15, -0.1) is 5.16 Å². The summed E-state index contributed by atoms with van der Waals surface area (Å²) in [5.41, 5.74) is 0.391. The molecule has 1 aromatic carbocycles. The summed E-state index contributed by atoms with van der Waals surface area (Å²) in [6, 6.07) is 4.27. The Hall–Kier alpha value is -1.98. The summed E-state index contributed by atoms with van der Waals surface area (Å²) in [5, 5.41) is 14.9. The summed E-state index contributed by atoms with van der Waals surface area (Å²) in [4.78, 5) is 4.90. The maximum atomic E-state index is 13.5. The summed E-state index contributed by atoms with van der Waals surface area (Å²) >= 11 is 0. The molecule has 0 amide bonds. The van der Waals surface area contributed by atoms with E-state index in [1.165, 1.54) is 0 Å². The van der Waals surface area contributed by atoms with E-state index < -0.39 is 17.6 Å². The van der Waals surface area contributed by atoms with Gasteiger partial charge in [-0.1, -0.05) is 44.9 Å². The van der Waals surface area contributed by atoms with Gasteiger partial charge < -0.3 is 9.94 Å². The molecule has 25 heavy (non-hydrogen) atoms. The van der Waals surface area contributed by atoms with Crippen molar-refractivity contribution in [2.45, 2.75) is 64.1 Å². The molecule has 0 heterocycles. The predicted molar refractivity (Wildman–Crippen MR) is 88.9 cm³/mol. The van der Waals surface area contributed by atoms with Gasteiger partial charge in [0.2, 0.25) is 0 Å². The molecule has 0 spiro atoms. The molecule has 1 aliphatic carbocycles. The summed E-state index contributed by atoms with van der Waals surface area (Å²) in [7, 11) is 0. The number of alkyl halides is 3. The second-order valence-corrected chi connectivity index (χ2v) is 6.38. The van der Waals surface area contributed by atoms with Crippen molar-refractivity contribution in [1.82, 2.24) is 0 Å². The first-order valence-corrected chi connectivity index (χ1v) is 8.58. The van der Waals surface area contributed by atoms with Gasteiger partial charge in [0, 0.05) is 5.90 Å². The van der Waals surface area contributed by atoms with E-state index in [1.54, 1.807) is 19.1 Å². The van der Waals surface area contributed by atoms with Crippen molar-refractivity contribution in [3.8, 4) is 0 Å². The molecule has 1 aliphatic rings. The first-order chi connectivity index (χ1) is 11.8. The Kier molecular flexibility index (Phi) is 6.51. The topological polar surface area (TPSA) is 44.7 Å². The fourth-order valence-corrected chi connectivity index (χ4v) is 3.09. The lowest BCUT2D eigenvalue weighted by molar-refractivity contribution is -0.218. The third-order valence-electron chi connectivity index (χ3n) is 4.58. The molecule has 0 radical (unpaired) electrons. The van der Waals surface area contributed by atoms with Crippen molar-refractivity contribution < 1.29 is 23.1 Å². The molecule has 0 aromatic heterocycles. The van der Waals surface area contributed by atoms with Crippen molar-refractivity contribution >= 4 is 5.90 Å². The smallest absolute Gasteiger partial charge is 0.416 e. The van der Waals surface area contributed by atoms with Crippen LogP contribution in [0.25, 0.3) is 0 Å². The van der Waals surface area contributed by atoms with Crippen LogP contribution in [0, 0.1) is 0 Å². The standard InChI is InChI=1S/C19H24F3NO2/c1-3-13(2)18(24)23-25-12-14-9-10-16(15-7-5-4-6-8-15)17(11-14)19(20,21)22/h9-11,15H,2-8,12H2,1H3,(H,23,24)/p-1. The molecule has 0 bridgehead atoms. The van der Waals surface area contributed by atoms with Crippen molar-refractivity contribution in [2.24, 2.45) is 5.16 Å². The van der Waals surface area contributed by atoms with Gasteiger partial charge in [0.1, 0.15) is 6.61 Å². The van der Waals surface area contributed by atoms with Gasteiger partial charge >= 0.3 is 6.18 Å². The number of halogens is 3. The summed E-state index contributed by atoms with van der Waals surface area (Å²) < 4.78 is 40.4. The molecule has 1 fully saturated rings. The molecule has 3 nitrogen and oxygen atoms in total. The highest BCUT2D eigenvalue weighted by molar-refractivity contribution is 5.88. The Morgan fingerprint density at radius 2 is 1.96 bits per heavy atom. The molecular weight excluding hydrogens is 331 g/mol. The lowest BCUT2D eigenvalue weighted by atomic mass is 9.81. The molecule has 0 aliphatic heterocycles. The van der Waals surface area contributed by atoms with Crippen LogP contribution in [0.5, 0.6) is 0 Å². The summed E-state index contributed by atoms with van der Waals surface area (Å²) in [6.07, 6.45) is 0.642. The Morgan fingerprint density at radius 1 is 1.28 bits per heavy atom. The van der Waals surface area contributed by atoms with Gasteiger partial charge in [0.15, 0.2) is 0 Å². The minimum atomic E-state index is -4.41. The fraction of sp³-hybridized carbons (Fsp3) is 0.526. The van der Waals surface area contributed by atoms with Crippen molar-refractivity contribution in [1.29, 1.82) is 0 Å². The molecular formula is C19H23F3NO2-. The Labute approximate surface area is 146 Å². The van der Waals surface area contributed by atoms with E-state index in [9.17, 15) is 18.3 Å². The predicted octanol–water partition coefficient (Wildman–Crippen LogP) is 4.91. The van der Waals surface area contributed by atoms with Crippen molar-refractivity contribution in [2.75, 3.05) is 0 Å². The third kappa shape index (κ3) is 5.25. The second-order valence-electron chi connectivity index (χ2n) is 6.38. The van der Waals surface area contributed by atoms with Gasteiger partial charge in [-0.05, 0) is 47.9 Å². The van der Waals surface area contributed by atoms with E-state index in [0.717, 1.165) is 38.2 Å². The molecule has 6 heteroatoms. The second kappa shape index (κ2) is 8.41. The number of hydrogen-bond acceptors (Lipinski definition) is 3. The highest BCUT2D eigenvalue weighted by atomic mass is 19.4. The SMILES string of the molecule is C=C(CC)/C([O-])=N\OCc1ccc(C2CCCCC2)c(C(F)(F)F)c1. The fourth-order valence-electron chi connectivity index (χ4n) is 3.09. The molecule has 0 N–H and O–H groups in total. The van der Waals surface area contributed by atoms with Crippen LogP contribution in [0.3, 0.4) is 0 Å². The lowest BCUT2D eigenvalue weighted by Gasteiger charge is -2.25. The molecule has 138 valence electrons. The first kappa shape index (κ1) is 19.3. The Bertz CT molecular complexity index is 632. The number of rotatable bonds is 6. The number of benzene rings is 1. The van der Waals surface area contributed by atoms with Gasteiger partial charge in [-0.2, -0.15) is 13.2 Å². The molecule has 0 unspecified atom stereocenters. The van der Waals surface area contributed by atoms with Crippen LogP contribution < -0.4 is 5.11 Å². The van der Waals surface area contributed by atoms with Gasteiger partial charge in [-0.3, -0.25) is 0 Å². The molecule has 2 rings (SSSR count). The monoisotopic (exact) mass is 354 g/mol. The maximum absolute atomic E-state index is 13.5. The van der Waals surface area contributed by atoms with E-state index in [-0.39, 0.29) is 12.5 Å². The Balaban J connectivity index is 2.17. The number of nitrogens with zero attached hydrogens (tertiary/aromatic N) is 1. The van der Waals surface area contributed by atoms with Crippen LogP contribution in [0.1, 0.15) is 68.1 Å². The number of hydrogen-bond donors (Lipinski definition) is 0. The van der Waals surface area contributed by atoms with Gasteiger partial charge in [-0.25, -0.2) is 0 Å². The zero-order valence-corrected chi connectivity index (χ0v) is 14.4. The number of oxime groups is 1. The highest BCUT2D eigenvalue weighted by Gasteiger charge is 2.35. The quantitative estimate of drug-likeness (QED) is 0.414. The van der Waals surface area contributed by atoms with Gasteiger partial charge in [0.05, 0.1) is 5.56 Å². The van der Waals surface area contributed by atoms with E-state index >= 15 is 0 Å². The van der Waals surface area contributed by atoms with E-state index in [1.807, 2.05) is 0 Å². The van der Waals surface area contributed by atoms with Crippen LogP contribution in [0.15, 0.2) is 35.5 Å². The zero-order valence-electron chi connectivity index (χ0n) is 14.4. The largest absolute Gasteiger partial charge is 0.856 e. The van der Waals surface area contributed by atoms with E-state index in [2.05, 4.69) is 11.7 Å². The van der Waals surface area contributed by atoms with Crippen molar-refractivity contribution in [3.63, 3.8) is 0 Å². The van der Waals surface area contributed by atoms with Crippen LogP contribution in [-0.2, 0) is 17.6 Å². The average molecular weight is 354 g/mol. The minimum absolute atomic E-state index is 0.0421. The minimum Gasteiger partial charge on any atom is -0.856 e. The van der Waals surface area contributed by atoms with Crippen LogP contribution in [0.2, 0.25) is 0 Å². The van der Waals surface area contributed by atoms with E-state index in [0.29, 0.717) is 23.1 Å². The van der Waals surface area contributed by atoms with Gasteiger partial charge in [0.25, 0.3) is 0 Å². The summed E-state index contributed by atoms with van der Waals surface area (Å²) in [5.74, 6) is -0.628. The highest BCUT2D eigenvalue weighted by Crippen LogP contribution is 2.41. The molecule has 1 aromatic rings. The maximum Gasteiger partial charge on any atom is 0.416 e. The van der Waals surface area contributed by atoms with Crippen LogP contribution in [0.4, 0.5) is 13.2 Å². The lowest BCUT2D eigenvalue weighted by Crippen LogP contribution is -2.19. The molecule has 1 saturated carbocycles. The summed E-state index contributed by atoms with van der Waals surface area (Å²) in [6.45, 7) is 5.11. The van der Waals surface area contributed by atoms with Crippen LogP contribution >= 0.6 is 0 Å². The van der Waals surface area contributed by atoms with E-state index in [4.69, 9.17) is 4.84 Å². The first-order valence-electron chi connectivity index (χ1n) is 8.58. The average Bonchev–Trinajstić information content (AvgIpc) is 2.60.